The molecule has 7 nitrogen and oxygen atoms in total. The highest BCUT2D eigenvalue weighted by atomic mass is 16.6. The number of rotatable bonds is 2. The number of carbonyl (C=O) groups is 1. The summed E-state index contributed by atoms with van der Waals surface area (Å²) in [4.78, 5) is 24.3. The summed E-state index contributed by atoms with van der Waals surface area (Å²) in [7, 11) is 0. The molecule has 0 fully saturated rings. The van der Waals surface area contributed by atoms with E-state index in [1.807, 2.05) is 0 Å². The summed E-state index contributed by atoms with van der Waals surface area (Å²) in [5.74, 6) is 5.54. The Hall–Kier alpha value is -2.57. The molecular formula is C14H18N4O3. The Morgan fingerprint density at radius 1 is 1.33 bits per heavy atom. The molecule has 0 saturated carbocycles. The van der Waals surface area contributed by atoms with Crippen molar-refractivity contribution in [3.63, 3.8) is 0 Å². The van der Waals surface area contributed by atoms with Crippen molar-refractivity contribution >= 4 is 16.9 Å². The van der Waals surface area contributed by atoms with Crippen molar-refractivity contribution in [2.45, 2.75) is 32.9 Å². The average molecular weight is 290 g/mol. The number of hydrogen-bond acceptors (Lipinski definition) is 5. The smallest absolute Gasteiger partial charge is 0.407 e. The van der Waals surface area contributed by atoms with Crippen LogP contribution in [0.5, 0.6) is 0 Å². The fraction of sp³-hybridized carbons (Fsp3) is 0.357. The maximum atomic E-state index is 11.9. The Labute approximate surface area is 121 Å². The number of carbonyl (C=O) groups excluding carboxylic acids is 1. The molecule has 7 heteroatoms. The zero-order valence-corrected chi connectivity index (χ0v) is 12.2. The number of hydrogen-bond donors (Lipinski definition) is 2. The van der Waals surface area contributed by atoms with E-state index in [-0.39, 0.29) is 12.1 Å². The molecule has 1 heterocycles. The number of alkyl carbamates (subject to hydrolysis) is 1. The second-order valence-corrected chi connectivity index (χ2v) is 5.60. The molecule has 112 valence electrons. The number of ether oxygens (including phenoxy) is 1. The Kier molecular flexibility index (Phi) is 3.84. The number of aromatic nitrogens is 2. The van der Waals surface area contributed by atoms with Gasteiger partial charge in [0.25, 0.3) is 5.56 Å². The Morgan fingerprint density at radius 2 is 1.95 bits per heavy atom. The number of benzene rings is 1. The first-order valence-electron chi connectivity index (χ1n) is 6.51. The van der Waals surface area contributed by atoms with Gasteiger partial charge < -0.3 is 15.9 Å². The molecule has 21 heavy (non-hydrogen) atoms. The molecule has 0 atom stereocenters. The van der Waals surface area contributed by atoms with Crippen LogP contribution in [0.4, 0.5) is 4.79 Å². The topological polar surface area (TPSA) is 99.2 Å². The lowest BCUT2D eigenvalue weighted by molar-refractivity contribution is 0.0523. The van der Waals surface area contributed by atoms with Gasteiger partial charge >= 0.3 is 6.09 Å². The maximum absolute atomic E-state index is 11.9. The monoisotopic (exact) mass is 290 g/mol. The first-order valence-corrected chi connectivity index (χ1v) is 6.51. The lowest BCUT2D eigenvalue weighted by Crippen LogP contribution is -2.35. The van der Waals surface area contributed by atoms with Gasteiger partial charge in [0.05, 0.1) is 17.6 Å². The van der Waals surface area contributed by atoms with Crippen LogP contribution in [0.1, 0.15) is 26.5 Å². The number of nitrogens with two attached hydrogens (primary N) is 1. The number of fused-ring (bicyclic) bond motifs is 1. The predicted octanol–water partition coefficient (Wildman–Crippen LogP) is 1.13. The van der Waals surface area contributed by atoms with E-state index < -0.39 is 11.7 Å². The van der Waals surface area contributed by atoms with Gasteiger partial charge in [-0.1, -0.05) is 18.2 Å². The molecule has 0 spiro atoms. The molecule has 2 aromatic rings. The quantitative estimate of drug-likeness (QED) is 0.808. The van der Waals surface area contributed by atoms with Gasteiger partial charge in [-0.05, 0) is 26.8 Å². The maximum Gasteiger partial charge on any atom is 0.407 e. The lowest BCUT2D eigenvalue weighted by atomic mass is 10.1. The molecule has 1 aromatic heterocycles. The zero-order valence-electron chi connectivity index (χ0n) is 12.2. The van der Waals surface area contributed by atoms with Crippen LogP contribution in [-0.4, -0.2) is 21.6 Å². The van der Waals surface area contributed by atoms with Gasteiger partial charge in [0.1, 0.15) is 5.60 Å². The molecule has 0 saturated heterocycles. The van der Waals surface area contributed by atoms with Crippen molar-refractivity contribution in [3.05, 3.63) is 40.3 Å². The molecule has 0 aliphatic rings. The average Bonchev–Trinajstić information content (AvgIpc) is 2.39. The Bertz CT molecular complexity index is 731. The second-order valence-electron chi connectivity index (χ2n) is 5.60. The van der Waals surface area contributed by atoms with Gasteiger partial charge in [-0.3, -0.25) is 4.79 Å². The van der Waals surface area contributed by atoms with Gasteiger partial charge in [-0.25, -0.2) is 4.79 Å². The van der Waals surface area contributed by atoms with Crippen molar-refractivity contribution in [2.75, 3.05) is 5.84 Å². The minimum atomic E-state index is -0.577. The summed E-state index contributed by atoms with van der Waals surface area (Å²) < 4.78 is 5.15. The first kappa shape index (κ1) is 14.8. The molecule has 0 bridgehead atoms. The van der Waals surface area contributed by atoms with Crippen LogP contribution in [0.3, 0.4) is 0 Å². The lowest BCUT2D eigenvalue weighted by Gasteiger charge is -2.19. The summed E-state index contributed by atoms with van der Waals surface area (Å²) in [6, 6.07) is 6.96. The van der Waals surface area contributed by atoms with E-state index in [1.165, 1.54) is 0 Å². The minimum absolute atomic E-state index is 0.118. The summed E-state index contributed by atoms with van der Waals surface area (Å²) in [5.41, 5.74) is -0.461. The Morgan fingerprint density at radius 3 is 2.57 bits per heavy atom. The van der Waals surface area contributed by atoms with Crippen LogP contribution >= 0.6 is 0 Å². The van der Waals surface area contributed by atoms with Gasteiger partial charge in [-0.2, -0.15) is 5.10 Å². The molecule has 1 aromatic carbocycles. The highest BCUT2D eigenvalue weighted by Crippen LogP contribution is 2.13. The van der Waals surface area contributed by atoms with Crippen LogP contribution in [0.15, 0.2) is 29.1 Å². The van der Waals surface area contributed by atoms with Crippen LogP contribution in [0.25, 0.3) is 10.8 Å². The molecule has 0 radical (unpaired) electrons. The van der Waals surface area contributed by atoms with Crippen LogP contribution in [0.2, 0.25) is 0 Å². The van der Waals surface area contributed by atoms with Gasteiger partial charge in [0.2, 0.25) is 0 Å². The third-order valence-corrected chi connectivity index (χ3v) is 2.70. The van der Waals surface area contributed by atoms with Crippen molar-refractivity contribution in [1.82, 2.24) is 15.2 Å². The van der Waals surface area contributed by atoms with Crippen molar-refractivity contribution in [2.24, 2.45) is 0 Å². The predicted molar refractivity (Wildman–Crippen MR) is 79.2 cm³/mol. The third kappa shape index (κ3) is 3.50. The van der Waals surface area contributed by atoms with E-state index >= 15 is 0 Å². The van der Waals surface area contributed by atoms with Crippen LogP contribution < -0.4 is 16.7 Å². The summed E-state index contributed by atoms with van der Waals surface area (Å²) in [6.45, 7) is 5.45. The van der Waals surface area contributed by atoms with Crippen LogP contribution in [0, 0.1) is 0 Å². The van der Waals surface area contributed by atoms with E-state index in [9.17, 15) is 9.59 Å². The largest absolute Gasteiger partial charge is 0.444 e. The standard InChI is InChI=1S/C14H18N4O3/c1-14(2,3)21-13(20)16-8-11-9-6-4-5-7-10(9)12(19)18(15)17-11/h4-7H,8,15H2,1-3H3,(H,16,20). The van der Waals surface area contributed by atoms with E-state index in [2.05, 4.69) is 10.4 Å². The highest BCUT2D eigenvalue weighted by Gasteiger charge is 2.16. The normalized spacial score (nSPS) is 11.4. The molecule has 0 aliphatic heterocycles. The number of nitrogens with one attached hydrogen (secondary N) is 1. The molecule has 0 unspecified atom stereocenters. The van der Waals surface area contributed by atoms with E-state index in [0.717, 1.165) is 4.79 Å². The number of nitrogens with zero attached hydrogens (tertiary/aromatic N) is 2. The molecule has 2 rings (SSSR count). The van der Waals surface area contributed by atoms with Gasteiger partial charge in [0, 0.05) is 5.39 Å². The molecular weight excluding hydrogens is 272 g/mol. The van der Waals surface area contributed by atoms with Gasteiger partial charge in [0.15, 0.2) is 0 Å². The minimum Gasteiger partial charge on any atom is -0.444 e. The number of amides is 1. The summed E-state index contributed by atoms with van der Waals surface area (Å²) in [6.07, 6.45) is -0.553. The highest BCUT2D eigenvalue weighted by molar-refractivity contribution is 5.83. The summed E-state index contributed by atoms with van der Waals surface area (Å²) in [5, 5.41) is 7.69. The van der Waals surface area contributed by atoms with E-state index in [4.69, 9.17) is 10.6 Å². The SMILES string of the molecule is CC(C)(C)OC(=O)NCc1nn(N)c(=O)c2ccccc12. The fourth-order valence-electron chi connectivity index (χ4n) is 1.87. The van der Waals surface area contributed by atoms with Gasteiger partial charge in [-0.15, -0.1) is 4.79 Å². The summed E-state index contributed by atoms with van der Waals surface area (Å²) >= 11 is 0. The zero-order chi connectivity index (χ0) is 15.6. The third-order valence-electron chi connectivity index (χ3n) is 2.70. The van der Waals surface area contributed by atoms with E-state index in [0.29, 0.717) is 16.5 Å². The van der Waals surface area contributed by atoms with E-state index in [1.54, 1.807) is 45.0 Å². The molecule has 0 aliphatic carbocycles. The number of nitrogen functional groups attached to an aromatic ring is 1. The second kappa shape index (κ2) is 5.43. The van der Waals surface area contributed by atoms with Crippen LogP contribution in [-0.2, 0) is 11.3 Å². The Balaban J connectivity index is 2.25. The first-order chi connectivity index (χ1) is 9.78. The van der Waals surface area contributed by atoms with Crippen molar-refractivity contribution < 1.29 is 9.53 Å². The van der Waals surface area contributed by atoms with Crippen molar-refractivity contribution in [3.8, 4) is 0 Å². The fourth-order valence-corrected chi connectivity index (χ4v) is 1.87. The molecule has 1 amide bonds. The molecule has 3 N–H and O–H groups in total. The van der Waals surface area contributed by atoms with Crippen molar-refractivity contribution in [1.29, 1.82) is 0 Å².